The number of hydrogen-bond acceptors (Lipinski definition) is 4. The molecule has 4 nitrogen and oxygen atoms in total. The fourth-order valence-corrected chi connectivity index (χ4v) is 2.90. The number of nitriles is 1. The van der Waals surface area contributed by atoms with Gasteiger partial charge < -0.3 is 14.4 Å². The van der Waals surface area contributed by atoms with Crippen LogP contribution in [0.2, 0.25) is 5.02 Å². The quantitative estimate of drug-likeness (QED) is 0.790. The molecule has 0 radical (unpaired) electrons. The van der Waals surface area contributed by atoms with Gasteiger partial charge in [0.05, 0.1) is 24.5 Å². The Morgan fingerprint density at radius 1 is 1.37 bits per heavy atom. The van der Waals surface area contributed by atoms with Crippen molar-refractivity contribution in [3.63, 3.8) is 0 Å². The molecule has 0 N–H and O–H groups in total. The van der Waals surface area contributed by atoms with Crippen molar-refractivity contribution in [3.05, 3.63) is 28.8 Å². The summed E-state index contributed by atoms with van der Waals surface area (Å²) in [4.78, 5) is 2.18. The smallest absolute Gasteiger partial charge is 0.111 e. The molecule has 2 heterocycles. The summed E-state index contributed by atoms with van der Waals surface area (Å²) in [6.07, 6.45) is 0.909. The van der Waals surface area contributed by atoms with Crippen LogP contribution in [0.5, 0.6) is 0 Å². The lowest BCUT2D eigenvalue weighted by atomic mass is 9.99. The molecule has 1 atom stereocenters. The topological polar surface area (TPSA) is 45.5 Å². The van der Waals surface area contributed by atoms with E-state index < -0.39 is 0 Å². The van der Waals surface area contributed by atoms with Crippen LogP contribution in [0.25, 0.3) is 0 Å². The van der Waals surface area contributed by atoms with Crippen molar-refractivity contribution in [3.8, 4) is 6.07 Å². The average Bonchev–Trinajstić information content (AvgIpc) is 2.86. The van der Waals surface area contributed by atoms with Crippen LogP contribution >= 0.6 is 11.6 Å². The Morgan fingerprint density at radius 2 is 2.26 bits per heavy atom. The highest BCUT2D eigenvalue weighted by Gasteiger charge is 2.40. The molecular weight excluding hydrogens is 264 g/mol. The molecule has 0 aromatic heterocycles. The van der Waals surface area contributed by atoms with Gasteiger partial charge in [-0.25, -0.2) is 0 Å². The Morgan fingerprint density at radius 3 is 3.00 bits per heavy atom. The Labute approximate surface area is 117 Å². The van der Waals surface area contributed by atoms with Crippen LogP contribution in [0, 0.1) is 11.3 Å². The SMILES string of the molecule is N#Cc1ccc(Cl)cc1N1CCOC2(CCOC2)C1. The van der Waals surface area contributed by atoms with Gasteiger partial charge in [-0.1, -0.05) is 11.6 Å². The van der Waals surface area contributed by atoms with Crippen molar-refractivity contribution in [1.29, 1.82) is 5.26 Å². The van der Waals surface area contributed by atoms with Crippen LogP contribution in [0.1, 0.15) is 12.0 Å². The Kier molecular flexibility index (Phi) is 3.36. The number of hydrogen-bond donors (Lipinski definition) is 0. The molecule has 5 heteroatoms. The summed E-state index contributed by atoms with van der Waals surface area (Å²) in [5, 5.41) is 9.87. The van der Waals surface area contributed by atoms with E-state index in [1.54, 1.807) is 12.1 Å². The van der Waals surface area contributed by atoms with Crippen LogP contribution in [0.15, 0.2) is 18.2 Å². The number of halogens is 1. The Hall–Kier alpha value is -1.28. The predicted octanol–water partition coefficient (Wildman–Crippen LogP) is 2.21. The average molecular weight is 279 g/mol. The van der Waals surface area contributed by atoms with Crippen LogP contribution in [-0.2, 0) is 9.47 Å². The predicted molar refractivity (Wildman–Crippen MR) is 72.5 cm³/mol. The zero-order chi connectivity index (χ0) is 13.3. The third-order valence-electron chi connectivity index (χ3n) is 3.74. The fraction of sp³-hybridized carbons (Fsp3) is 0.500. The highest BCUT2D eigenvalue weighted by Crippen LogP contribution is 2.32. The lowest BCUT2D eigenvalue weighted by Gasteiger charge is -2.41. The van der Waals surface area contributed by atoms with Gasteiger partial charge >= 0.3 is 0 Å². The van der Waals surface area contributed by atoms with Gasteiger partial charge in [0, 0.05) is 31.1 Å². The van der Waals surface area contributed by atoms with E-state index in [4.69, 9.17) is 21.1 Å². The van der Waals surface area contributed by atoms with Crippen LogP contribution < -0.4 is 4.90 Å². The van der Waals surface area contributed by atoms with Gasteiger partial charge in [-0.2, -0.15) is 5.26 Å². The first kappa shape index (κ1) is 12.7. The highest BCUT2D eigenvalue weighted by atomic mass is 35.5. The van der Waals surface area contributed by atoms with Crippen LogP contribution in [0.4, 0.5) is 5.69 Å². The first-order valence-electron chi connectivity index (χ1n) is 6.39. The summed E-state index contributed by atoms with van der Waals surface area (Å²) < 4.78 is 11.4. The molecule has 1 aromatic carbocycles. The molecule has 1 aromatic rings. The van der Waals surface area contributed by atoms with Crippen LogP contribution in [-0.4, -0.2) is 38.5 Å². The Bertz CT molecular complexity index is 521. The maximum atomic E-state index is 9.22. The van der Waals surface area contributed by atoms with E-state index in [-0.39, 0.29) is 5.60 Å². The zero-order valence-corrected chi connectivity index (χ0v) is 11.3. The maximum absolute atomic E-state index is 9.22. The number of anilines is 1. The van der Waals surface area contributed by atoms with Gasteiger partial charge in [-0.15, -0.1) is 0 Å². The van der Waals surface area contributed by atoms with Gasteiger partial charge in [-0.3, -0.25) is 0 Å². The number of benzene rings is 1. The van der Waals surface area contributed by atoms with E-state index in [1.807, 2.05) is 6.07 Å². The van der Waals surface area contributed by atoms with E-state index in [1.165, 1.54) is 0 Å². The summed E-state index contributed by atoms with van der Waals surface area (Å²) >= 11 is 6.05. The molecule has 100 valence electrons. The first-order valence-corrected chi connectivity index (χ1v) is 6.77. The minimum Gasteiger partial charge on any atom is -0.378 e. The van der Waals surface area contributed by atoms with Gasteiger partial charge in [0.2, 0.25) is 0 Å². The van der Waals surface area contributed by atoms with Crippen molar-refractivity contribution >= 4 is 17.3 Å². The second-order valence-corrected chi connectivity index (χ2v) is 5.47. The third-order valence-corrected chi connectivity index (χ3v) is 3.97. The van der Waals surface area contributed by atoms with Crippen molar-refractivity contribution in [2.24, 2.45) is 0 Å². The lowest BCUT2D eigenvalue weighted by molar-refractivity contribution is -0.0579. The lowest BCUT2D eigenvalue weighted by Crippen LogP contribution is -2.52. The maximum Gasteiger partial charge on any atom is 0.111 e. The molecule has 0 bridgehead atoms. The fourth-order valence-electron chi connectivity index (χ4n) is 2.74. The van der Waals surface area contributed by atoms with E-state index in [9.17, 15) is 5.26 Å². The molecule has 0 amide bonds. The second kappa shape index (κ2) is 5.01. The van der Waals surface area contributed by atoms with Crippen molar-refractivity contribution in [2.45, 2.75) is 12.0 Å². The van der Waals surface area contributed by atoms with Crippen molar-refractivity contribution < 1.29 is 9.47 Å². The summed E-state index contributed by atoms with van der Waals surface area (Å²) in [5.74, 6) is 0. The number of ether oxygens (including phenoxy) is 2. The molecule has 2 fully saturated rings. The van der Waals surface area contributed by atoms with Gasteiger partial charge in [-0.05, 0) is 18.2 Å². The summed E-state index contributed by atoms with van der Waals surface area (Å²) in [6, 6.07) is 7.60. The molecular formula is C14H15ClN2O2. The molecule has 0 aliphatic carbocycles. The van der Waals surface area contributed by atoms with Gasteiger partial charge in [0.1, 0.15) is 11.7 Å². The summed E-state index contributed by atoms with van der Waals surface area (Å²) in [7, 11) is 0. The molecule has 0 saturated carbocycles. The molecule has 1 unspecified atom stereocenters. The van der Waals surface area contributed by atoms with Crippen molar-refractivity contribution in [1.82, 2.24) is 0 Å². The molecule has 3 rings (SSSR count). The molecule has 2 aliphatic rings. The first-order chi connectivity index (χ1) is 9.22. The largest absolute Gasteiger partial charge is 0.378 e. The number of nitrogens with zero attached hydrogens (tertiary/aromatic N) is 2. The second-order valence-electron chi connectivity index (χ2n) is 5.03. The van der Waals surface area contributed by atoms with E-state index in [0.717, 1.165) is 31.8 Å². The number of morpholine rings is 1. The molecule has 19 heavy (non-hydrogen) atoms. The summed E-state index contributed by atoms with van der Waals surface area (Å²) in [5.41, 5.74) is 1.33. The zero-order valence-electron chi connectivity index (χ0n) is 10.6. The monoisotopic (exact) mass is 278 g/mol. The number of rotatable bonds is 1. The van der Waals surface area contributed by atoms with E-state index in [2.05, 4.69) is 11.0 Å². The van der Waals surface area contributed by atoms with E-state index >= 15 is 0 Å². The normalized spacial score (nSPS) is 26.6. The minimum absolute atomic E-state index is 0.215. The van der Waals surface area contributed by atoms with E-state index in [0.29, 0.717) is 23.8 Å². The van der Waals surface area contributed by atoms with Gasteiger partial charge in [0.25, 0.3) is 0 Å². The molecule has 1 spiro atoms. The van der Waals surface area contributed by atoms with Crippen LogP contribution in [0.3, 0.4) is 0 Å². The van der Waals surface area contributed by atoms with Crippen molar-refractivity contribution in [2.75, 3.05) is 37.8 Å². The third kappa shape index (κ3) is 2.42. The van der Waals surface area contributed by atoms with Gasteiger partial charge in [0.15, 0.2) is 0 Å². The standard InChI is InChI=1S/C14H15ClN2O2/c15-12-2-1-11(8-16)13(7-12)17-4-6-19-14(9-17)3-5-18-10-14/h1-2,7H,3-6,9-10H2. The molecule has 2 aliphatic heterocycles. The minimum atomic E-state index is -0.215. The summed E-state index contributed by atoms with van der Waals surface area (Å²) in [6.45, 7) is 3.56. The Balaban J connectivity index is 1.89. The highest BCUT2D eigenvalue weighted by molar-refractivity contribution is 6.30. The molecule has 2 saturated heterocycles.